The van der Waals surface area contributed by atoms with Gasteiger partial charge in [-0.05, 0) is 31.7 Å². The predicted octanol–water partition coefficient (Wildman–Crippen LogP) is 3.66. The topological polar surface area (TPSA) is 68.3 Å². The highest BCUT2D eigenvalue weighted by Crippen LogP contribution is 2.30. The third-order valence-electron chi connectivity index (χ3n) is 4.03. The van der Waals surface area contributed by atoms with E-state index in [0.29, 0.717) is 31.9 Å². The summed E-state index contributed by atoms with van der Waals surface area (Å²) in [4.78, 5) is 3.60. The highest BCUT2D eigenvalue weighted by molar-refractivity contribution is 7.89. The van der Waals surface area contributed by atoms with Gasteiger partial charge >= 0.3 is 12.4 Å². The van der Waals surface area contributed by atoms with E-state index < -0.39 is 46.2 Å². The Balaban J connectivity index is 1.80. The summed E-state index contributed by atoms with van der Waals surface area (Å²) in [6.45, 7) is 0. The molecule has 1 fully saturated rings. The van der Waals surface area contributed by atoms with Gasteiger partial charge in [0.25, 0.3) is 0 Å². The summed E-state index contributed by atoms with van der Waals surface area (Å²) in [7, 11) is -4.04. The van der Waals surface area contributed by atoms with Crippen LogP contribution in [-0.4, -0.2) is 37.5 Å². The molecule has 1 N–H and O–H groups in total. The molecule has 0 radical (unpaired) electrons. The van der Waals surface area contributed by atoms with E-state index in [-0.39, 0.29) is 12.0 Å². The monoisotopic (exact) mass is 420 g/mol. The van der Waals surface area contributed by atoms with Gasteiger partial charge in [0.15, 0.2) is 0 Å². The van der Waals surface area contributed by atoms with Gasteiger partial charge in [0.05, 0.1) is 17.7 Å². The first kappa shape index (κ1) is 21.7. The first-order chi connectivity index (χ1) is 12.3. The number of rotatable bonds is 6. The molecule has 0 bridgehead atoms. The second-order valence-corrected chi connectivity index (χ2v) is 8.15. The Kier molecular flexibility index (Phi) is 6.61. The molecule has 1 aromatic rings. The lowest BCUT2D eigenvalue weighted by molar-refractivity contribution is -0.137. The van der Waals surface area contributed by atoms with Crippen molar-refractivity contribution in [1.82, 2.24) is 9.71 Å². The summed E-state index contributed by atoms with van der Waals surface area (Å²) in [5, 5.41) is 0. The molecule has 0 aromatic carbocycles. The van der Waals surface area contributed by atoms with Crippen molar-refractivity contribution in [2.45, 2.75) is 56.6 Å². The molecular weight excluding hydrogens is 402 g/mol. The maximum absolute atomic E-state index is 12.5. The van der Waals surface area contributed by atoms with Gasteiger partial charge in [0.2, 0.25) is 15.9 Å². The van der Waals surface area contributed by atoms with Gasteiger partial charge in [-0.1, -0.05) is 0 Å². The van der Waals surface area contributed by atoms with E-state index in [1.54, 1.807) is 0 Å². The minimum absolute atomic E-state index is 0.0252. The highest BCUT2D eigenvalue weighted by Gasteiger charge is 2.32. The Labute approximate surface area is 152 Å². The molecule has 1 heterocycles. The second-order valence-electron chi connectivity index (χ2n) is 6.28. The lowest BCUT2D eigenvalue weighted by atomic mass is 9.94. The maximum atomic E-state index is 12.5. The van der Waals surface area contributed by atoms with E-state index >= 15 is 0 Å². The molecule has 1 aliphatic rings. The molecule has 1 aromatic heterocycles. The summed E-state index contributed by atoms with van der Waals surface area (Å²) in [5.74, 6) is -1.00. The molecule has 0 amide bonds. The van der Waals surface area contributed by atoms with E-state index in [9.17, 15) is 34.8 Å². The van der Waals surface area contributed by atoms with Gasteiger partial charge in [0, 0.05) is 18.3 Å². The molecule has 12 heteroatoms. The zero-order valence-electron chi connectivity index (χ0n) is 14.0. The van der Waals surface area contributed by atoms with Gasteiger partial charge in [-0.2, -0.15) is 26.3 Å². The van der Waals surface area contributed by atoms with Crippen LogP contribution in [0, 0.1) is 0 Å². The Morgan fingerprint density at radius 3 is 2.19 bits per heavy atom. The molecule has 154 valence electrons. The number of nitrogens with zero attached hydrogens (tertiary/aromatic N) is 1. The van der Waals surface area contributed by atoms with Crippen LogP contribution in [0.15, 0.2) is 18.3 Å². The Bertz CT molecular complexity index is 711. The van der Waals surface area contributed by atoms with Crippen molar-refractivity contribution in [3.8, 4) is 5.88 Å². The first-order valence-electron chi connectivity index (χ1n) is 8.11. The molecule has 27 heavy (non-hydrogen) atoms. The maximum Gasteiger partial charge on any atom is 0.417 e. The zero-order chi connectivity index (χ0) is 20.3. The number of pyridine rings is 1. The van der Waals surface area contributed by atoms with Crippen molar-refractivity contribution in [2.24, 2.45) is 0 Å². The Morgan fingerprint density at radius 1 is 1.07 bits per heavy atom. The smallest absolute Gasteiger partial charge is 0.417 e. The average Bonchev–Trinajstić information content (AvgIpc) is 2.54. The van der Waals surface area contributed by atoms with Crippen LogP contribution in [0.1, 0.15) is 37.7 Å². The molecular formula is C15H18F6N2O3S. The third-order valence-corrected chi connectivity index (χ3v) is 5.46. The molecule has 0 atom stereocenters. The molecule has 0 saturated heterocycles. The quantitative estimate of drug-likeness (QED) is 0.714. The fourth-order valence-corrected chi connectivity index (χ4v) is 4.01. The van der Waals surface area contributed by atoms with Crippen molar-refractivity contribution >= 4 is 10.0 Å². The summed E-state index contributed by atoms with van der Waals surface area (Å²) in [5.41, 5.74) is -0.896. The van der Waals surface area contributed by atoms with Crippen LogP contribution < -0.4 is 9.46 Å². The lowest BCUT2D eigenvalue weighted by Gasteiger charge is -2.29. The number of halogens is 6. The molecule has 1 aliphatic carbocycles. The van der Waals surface area contributed by atoms with Crippen LogP contribution in [0.2, 0.25) is 0 Å². The molecule has 1 saturated carbocycles. The van der Waals surface area contributed by atoms with Crippen LogP contribution >= 0.6 is 0 Å². The van der Waals surface area contributed by atoms with E-state index in [1.807, 2.05) is 0 Å². The normalized spacial score (nSPS) is 21.9. The fourth-order valence-electron chi connectivity index (χ4n) is 2.65. The van der Waals surface area contributed by atoms with Crippen molar-refractivity contribution in [3.63, 3.8) is 0 Å². The standard InChI is InChI=1S/C15H18F6N2O3S/c16-14(17,18)7-8-27(24,25)23-11-2-4-12(5-3-11)26-13-6-1-10(9-22-13)15(19,20)21/h1,6,9,11-12,23H,2-5,7-8H2. The predicted molar refractivity (Wildman–Crippen MR) is 83.5 cm³/mol. The largest absolute Gasteiger partial charge is 0.474 e. The van der Waals surface area contributed by atoms with Crippen molar-refractivity contribution in [3.05, 3.63) is 23.9 Å². The summed E-state index contributed by atoms with van der Waals surface area (Å²) in [6, 6.07) is 1.46. The molecule has 2 rings (SSSR count). The van der Waals surface area contributed by atoms with Crippen LogP contribution in [0.25, 0.3) is 0 Å². The summed E-state index contributed by atoms with van der Waals surface area (Å²) < 4.78 is 105. The number of hydrogen-bond acceptors (Lipinski definition) is 4. The number of ether oxygens (including phenoxy) is 1. The SMILES string of the molecule is O=S(=O)(CCC(F)(F)F)NC1CCC(Oc2ccc(C(F)(F)F)cn2)CC1. The number of hydrogen-bond donors (Lipinski definition) is 1. The van der Waals surface area contributed by atoms with E-state index in [4.69, 9.17) is 4.74 Å². The molecule has 0 aliphatic heterocycles. The van der Waals surface area contributed by atoms with Crippen LogP contribution in [0.4, 0.5) is 26.3 Å². The van der Waals surface area contributed by atoms with E-state index in [2.05, 4.69) is 9.71 Å². The van der Waals surface area contributed by atoms with E-state index in [1.165, 1.54) is 0 Å². The summed E-state index contributed by atoms with van der Waals surface area (Å²) >= 11 is 0. The average molecular weight is 420 g/mol. The minimum atomic E-state index is -4.55. The molecule has 0 unspecified atom stereocenters. The zero-order valence-corrected chi connectivity index (χ0v) is 14.8. The van der Waals surface area contributed by atoms with E-state index in [0.717, 1.165) is 12.1 Å². The molecule has 0 spiro atoms. The number of aromatic nitrogens is 1. The summed E-state index contributed by atoms with van der Waals surface area (Å²) in [6.07, 6.45) is -8.67. The number of alkyl halides is 6. The van der Waals surface area contributed by atoms with Crippen LogP contribution in [0.3, 0.4) is 0 Å². The second kappa shape index (κ2) is 8.21. The third kappa shape index (κ3) is 7.53. The number of sulfonamides is 1. The van der Waals surface area contributed by atoms with Crippen LogP contribution in [0.5, 0.6) is 5.88 Å². The first-order valence-corrected chi connectivity index (χ1v) is 9.76. The highest BCUT2D eigenvalue weighted by atomic mass is 32.2. The van der Waals surface area contributed by atoms with Gasteiger partial charge in [-0.25, -0.2) is 18.1 Å². The van der Waals surface area contributed by atoms with Gasteiger partial charge < -0.3 is 4.74 Å². The minimum Gasteiger partial charge on any atom is -0.474 e. The number of nitrogens with one attached hydrogen (secondary N) is 1. The van der Waals surface area contributed by atoms with Gasteiger partial charge in [-0.15, -0.1) is 0 Å². The van der Waals surface area contributed by atoms with Crippen molar-refractivity contribution < 1.29 is 39.5 Å². The van der Waals surface area contributed by atoms with Crippen molar-refractivity contribution in [1.29, 1.82) is 0 Å². The lowest BCUT2D eigenvalue weighted by Crippen LogP contribution is -2.41. The Morgan fingerprint density at radius 2 is 1.70 bits per heavy atom. The van der Waals surface area contributed by atoms with Gasteiger partial charge in [-0.3, -0.25) is 0 Å². The molecule has 5 nitrogen and oxygen atoms in total. The van der Waals surface area contributed by atoms with Crippen molar-refractivity contribution in [2.75, 3.05) is 5.75 Å². The van der Waals surface area contributed by atoms with Crippen LogP contribution in [-0.2, 0) is 16.2 Å². The Hall–Kier alpha value is -1.56. The fraction of sp³-hybridized carbons (Fsp3) is 0.667. The van der Waals surface area contributed by atoms with Gasteiger partial charge in [0.1, 0.15) is 6.10 Å².